The lowest BCUT2D eigenvalue weighted by Crippen LogP contribution is -2.26. The molecule has 23 heavy (non-hydrogen) atoms. The molecular weight excluding hydrogens is 292 g/mol. The highest BCUT2D eigenvalue weighted by molar-refractivity contribution is 5.99. The van der Waals surface area contributed by atoms with Crippen LogP contribution in [0, 0.1) is 0 Å². The molecule has 1 aliphatic rings. The minimum Gasteiger partial charge on any atom is -0.385 e. The highest BCUT2D eigenvalue weighted by Gasteiger charge is 2.28. The van der Waals surface area contributed by atoms with Crippen LogP contribution in [0.1, 0.15) is 41.6 Å². The molecule has 1 aliphatic heterocycles. The fraction of sp³-hybridized carbons (Fsp3) is 0.529. The molecule has 1 amide bonds. The summed E-state index contributed by atoms with van der Waals surface area (Å²) < 4.78 is 7.06. The number of rotatable bonds is 6. The predicted molar refractivity (Wildman–Crippen MR) is 88.6 cm³/mol. The number of hydrogen-bond acceptors (Lipinski definition) is 4. The van der Waals surface area contributed by atoms with E-state index in [0.29, 0.717) is 18.8 Å². The SMILES string of the molecule is COCCCNC(=O)c1nc([C@H]2CCCN2C)n2ccccc12. The van der Waals surface area contributed by atoms with E-state index in [1.807, 2.05) is 24.4 Å². The van der Waals surface area contributed by atoms with Crippen LogP contribution in [-0.4, -0.2) is 54.0 Å². The number of carbonyl (C=O) groups excluding carboxylic acids is 1. The Labute approximate surface area is 136 Å². The molecule has 6 heteroatoms. The number of hydrogen-bond donors (Lipinski definition) is 1. The van der Waals surface area contributed by atoms with E-state index < -0.39 is 0 Å². The topological polar surface area (TPSA) is 58.9 Å². The Hall–Kier alpha value is -1.92. The van der Waals surface area contributed by atoms with Gasteiger partial charge in [-0.3, -0.25) is 9.69 Å². The smallest absolute Gasteiger partial charge is 0.272 e. The lowest BCUT2D eigenvalue weighted by Gasteiger charge is -2.17. The molecule has 0 unspecified atom stereocenters. The first-order valence-electron chi connectivity index (χ1n) is 8.16. The van der Waals surface area contributed by atoms with Gasteiger partial charge >= 0.3 is 0 Å². The van der Waals surface area contributed by atoms with Gasteiger partial charge in [0.15, 0.2) is 5.69 Å². The summed E-state index contributed by atoms with van der Waals surface area (Å²) in [5.41, 5.74) is 1.38. The number of likely N-dealkylation sites (tertiary alicyclic amines) is 1. The predicted octanol–water partition coefficient (Wildman–Crippen LogP) is 1.87. The van der Waals surface area contributed by atoms with Gasteiger partial charge < -0.3 is 14.5 Å². The van der Waals surface area contributed by atoms with Gasteiger partial charge in [0.2, 0.25) is 0 Å². The van der Waals surface area contributed by atoms with Crippen LogP contribution in [0.5, 0.6) is 0 Å². The summed E-state index contributed by atoms with van der Waals surface area (Å²) in [6.07, 6.45) is 5.04. The molecule has 0 aliphatic carbocycles. The maximum absolute atomic E-state index is 12.5. The molecule has 124 valence electrons. The summed E-state index contributed by atoms with van der Waals surface area (Å²) in [4.78, 5) is 19.5. The Morgan fingerprint density at radius 1 is 1.48 bits per heavy atom. The third-order valence-electron chi connectivity index (χ3n) is 4.42. The Bertz CT molecular complexity index is 682. The summed E-state index contributed by atoms with van der Waals surface area (Å²) in [5.74, 6) is 0.847. The van der Waals surface area contributed by atoms with Gasteiger partial charge in [0.1, 0.15) is 5.82 Å². The molecule has 0 bridgehead atoms. The number of aromatic nitrogens is 2. The van der Waals surface area contributed by atoms with Gasteiger partial charge in [0.05, 0.1) is 11.6 Å². The normalized spacial score (nSPS) is 18.6. The highest BCUT2D eigenvalue weighted by atomic mass is 16.5. The first-order valence-corrected chi connectivity index (χ1v) is 8.16. The van der Waals surface area contributed by atoms with Crippen molar-refractivity contribution in [2.45, 2.75) is 25.3 Å². The Morgan fingerprint density at radius 2 is 2.35 bits per heavy atom. The lowest BCUT2D eigenvalue weighted by atomic mass is 10.2. The number of fused-ring (bicyclic) bond motifs is 1. The van der Waals surface area contributed by atoms with Crippen LogP contribution in [0.3, 0.4) is 0 Å². The van der Waals surface area contributed by atoms with Gasteiger partial charge in [-0.05, 0) is 45.0 Å². The van der Waals surface area contributed by atoms with Crippen LogP contribution < -0.4 is 5.32 Å². The van der Waals surface area contributed by atoms with E-state index in [9.17, 15) is 4.79 Å². The number of ether oxygens (including phenoxy) is 1. The first-order chi connectivity index (χ1) is 11.2. The van der Waals surface area contributed by atoms with Crippen molar-refractivity contribution in [2.24, 2.45) is 0 Å². The molecule has 0 aromatic carbocycles. The molecular formula is C17H24N4O2. The minimum atomic E-state index is -0.114. The fourth-order valence-electron chi connectivity index (χ4n) is 3.20. The van der Waals surface area contributed by atoms with Crippen molar-refractivity contribution < 1.29 is 9.53 Å². The highest BCUT2D eigenvalue weighted by Crippen LogP contribution is 2.30. The summed E-state index contributed by atoms with van der Waals surface area (Å²) in [7, 11) is 3.78. The Kier molecular flexibility index (Phi) is 4.93. The van der Waals surface area contributed by atoms with Gasteiger partial charge in [-0.25, -0.2) is 4.98 Å². The number of imidazole rings is 1. The number of methoxy groups -OCH3 is 1. The van der Waals surface area contributed by atoms with Gasteiger partial charge in [0.25, 0.3) is 5.91 Å². The average Bonchev–Trinajstić information content (AvgIpc) is 3.15. The third-order valence-corrected chi connectivity index (χ3v) is 4.42. The van der Waals surface area contributed by atoms with Crippen molar-refractivity contribution in [3.05, 3.63) is 35.9 Å². The average molecular weight is 316 g/mol. The molecule has 2 aromatic rings. The standard InChI is InChI=1S/C17H24N4O2/c1-20-10-5-8-14(20)16-19-15(13-7-3-4-11-21(13)16)17(22)18-9-6-12-23-2/h3-4,7,11,14H,5-6,8-10,12H2,1-2H3,(H,18,22)/t14-/m1/s1. The van der Waals surface area contributed by atoms with Crippen LogP contribution in [0.4, 0.5) is 0 Å². The molecule has 1 atom stereocenters. The largest absolute Gasteiger partial charge is 0.385 e. The zero-order chi connectivity index (χ0) is 16.2. The van der Waals surface area contributed by atoms with E-state index in [-0.39, 0.29) is 11.9 Å². The Morgan fingerprint density at radius 3 is 3.09 bits per heavy atom. The maximum atomic E-state index is 12.5. The van der Waals surface area contributed by atoms with Crippen molar-refractivity contribution in [3.8, 4) is 0 Å². The van der Waals surface area contributed by atoms with Gasteiger partial charge in [-0.1, -0.05) is 6.07 Å². The summed E-state index contributed by atoms with van der Waals surface area (Å²) in [6.45, 7) is 2.31. The van der Waals surface area contributed by atoms with Crippen molar-refractivity contribution in [3.63, 3.8) is 0 Å². The second-order valence-electron chi connectivity index (χ2n) is 6.02. The zero-order valence-electron chi connectivity index (χ0n) is 13.8. The molecule has 3 heterocycles. The molecule has 0 radical (unpaired) electrons. The van der Waals surface area contributed by atoms with Crippen molar-refractivity contribution in [1.29, 1.82) is 0 Å². The van der Waals surface area contributed by atoms with E-state index >= 15 is 0 Å². The molecule has 2 aromatic heterocycles. The molecule has 6 nitrogen and oxygen atoms in total. The van der Waals surface area contributed by atoms with Crippen LogP contribution in [-0.2, 0) is 4.74 Å². The van der Waals surface area contributed by atoms with E-state index in [0.717, 1.165) is 30.7 Å². The molecule has 0 saturated carbocycles. The summed E-state index contributed by atoms with van der Waals surface area (Å²) >= 11 is 0. The monoisotopic (exact) mass is 316 g/mol. The lowest BCUT2D eigenvalue weighted by molar-refractivity contribution is 0.0945. The molecule has 0 spiro atoms. The van der Waals surface area contributed by atoms with Crippen LogP contribution >= 0.6 is 0 Å². The van der Waals surface area contributed by atoms with Gasteiger partial charge in [-0.15, -0.1) is 0 Å². The fourth-order valence-corrected chi connectivity index (χ4v) is 3.20. The molecule has 1 fully saturated rings. The second-order valence-corrected chi connectivity index (χ2v) is 6.02. The number of nitrogens with one attached hydrogen (secondary N) is 1. The van der Waals surface area contributed by atoms with E-state index in [1.165, 1.54) is 6.42 Å². The van der Waals surface area contributed by atoms with E-state index in [4.69, 9.17) is 9.72 Å². The summed E-state index contributed by atoms with van der Waals surface area (Å²) in [6, 6.07) is 6.16. The van der Waals surface area contributed by atoms with Crippen LogP contribution in [0.2, 0.25) is 0 Å². The minimum absolute atomic E-state index is 0.114. The number of pyridine rings is 1. The third kappa shape index (κ3) is 3.23. The van der Waals surface area contributed by atoms with Crippen LogP contribution in [0.15, 0.2) is 24.4 Å². The number of amides is 1. The summed E-state index contributed by atoms with van der Waals surface area (Å²) in [5, 5.41) is 2.93. The van der Waals surface area contributed by atoms with Crippen LogP contribution in [0.25, 0.3) is 5.52 Å². The number of nitrogens with zero attached hydrogens (tertiary/aromatic N) is 3. The second kappa shape index (κ2) is 7.10. The quantitative estimate of drug-likeness (QED) is 0.827. The van der Waals surface area contributed by atoms with E-state index in [2.05, 4.69) is 21.7 Å². The maximum Gasteiger partial charge on any atom is 0.272 e. The van der Waals surface area contributed by atoms with Crippen molar-refractivity contribution in [2.75, 3.05) is 33.9 Å². The van der Waals surface area contributed by atoms with Gasteiger partial charge in [0, 0.05) is 26.5 Å². The van der Waals surface area contributed by atoms with E-state index in [1.54, 1.807) is 7.11 Å². The Balaban J connectivity index is 1.87. The van der Waals surface area contributed by atoms with Gasteiger partial charge in [-0.2, -0.15) is 0 Å². The van der Waals surface area contributed by atoms with Crippen molar-refractivity contribution >= 4 is 11.4 Å². The molecule has 3 rings (SSSR count). The zero-order valence-corrected chi connectivity index (χ0v) is 13.8. The molecule has 1 saturated heterocycles. The van der Waals surface area contributed by atoms with Crippen molar-refractivity contribution in [1.82, 2.24) is 19.6 Å². The molecule has 1 N–H and O–H groups in total. The first kappa shape index (κ1) is 16.0. The number of carbonyl (C=O) groups is 1.